The Bertz CT molecular complexity index is 3220. The molecule has 21 heteroatoms. The van der Waals surface area contributed by atoms with E-state index in [-0.39, 0.29) is 41.2 Å². The highest BCUT2D eigenvalue weighted by atomic mass is 35.7. The quantitative estimate of drug-likeness (QED) is 0.0636. The minimum atomic E-state index is -4.01. The molecule has 0 atom stereocenters. The number of hydrogen-bond donors (Lipinski definition) is 5. The van der Waals surface area contributed by atoms with Crippen LogP contribution in [-0.4, -0.2) is 52.1 Å². The first-order valence-corrected chi connectivity index (χ1v) is 25.9. The number of methoxy groups -OCH3 is 1. The van der Waals surface area contributed by atoms with E-state index in [0.29, 0.717) is 21.1 Å². The fraction of sp³-hybridized carbons (Fsp3) is 0.0217. The maximum Gasteiger partial charge on any atom is 0.350 e. The van der Waals surface area contributed by atoms with Gasteiger partial charge in [0.1, 0.15) is 24.4 Å². The van der Waals surface area contributed by atoms with Crippen LogP contribution in [-0.2, 0) is 23.8 Å². The molecule has 8 rings (SSSR count). The van der Waals surface area contributed by atoms with Crippen LogP contribution < -0.4 is 16.2 Å². The van der Waals surface area contributed by atoms with E-state index < -0.39 is 31.0 Å². The van der Waals surface area contributed by atoms with E-state index >= 15 is 0 Å². The van der Waals surface area contributed by atoms with Crippen molar-refractivity contribution in [3.05, 3.63) is 182 Å². The summed E-state index contributed by atoms with van der Waals surface area (Å²) in [4.78, 5) is 36.6. The number of nitrogens with one attached hydrogen (secondary N) is 1. The third-order valence-corrected chi connectivity index (χ3v) is 15.9. The zero-order valence-corrected chi connectivity index (χ0v) is 40.9. The summed E-state index contributed by atoms with van der Waals surface area (Å²) in [7, 11) is -1.30. The summed E-state index contributed by atoms with van der Waals surface area (Å²) in [5.74, 6) is -2.56. The highest BCUT2D eigenvalue weighted by Gasteiger charge is 2.24. The number of nitrogen functional groups attached to an aromatic ring is 2. The summed E-state index contributed by atoms with van der Waals surface area (Å²) >= 11 is 15.0. The number of aromatic carboxylic acids is 2. The summed E-state index contributed by atoms with van der Waals surface area (Å²) < 4.78 is 53.6. The van der Waals surface area contributed by atoms with Crippen molar-refractivity contribution < 1.29 is 46.2 Å². The SMILES string of the molecule is COC(=O)c1sc(-c2ccccc2)cc1N.Nc1cc(-c2ccccc2)sc1C(=O)O.O=C(O)c1sc(-c2ccccc2)cc1NS(=O)(=O)c1ccccc1Cl.O=S(=O)(Cl)c1ccccc1Cl. The minimum Gasteiger partial charge on any atom is -0.477 e. The van der Waals surface area contributed by atoms with Crippen molar-refractivity contribution in [1.29, 1.82) is 0 Å². The molecule has 0 aliphatic carbocycles. The van der Waals surface area contributed by atoms with Crippen molar-refractivity contribution in [2.45, 2.75) is 9.79 Å². The molecule has 346 valence electrons. The number of benzene rings is 5. The number of carbonyl (C=O) groups excluding carboxylic acids is 1. The molecule has 13 nitrogen and oxygen atoms in total. The lowest BCUT2D eigenvalue weighted by Gasteiger charge is -2.08. The number of hydrogen-bond acceptors (Lipinski definition) is 13. The van der Waals surface area contributed by atoms with E-state index in [0.717, 1.165) is 37.8 Å². The molecule has 0 fully saturated rings. The van der Waals surface area contributed by atoms with Crippen molar-refractivity contribution >= 4 is 122 Å². The molecule has 0 bridgehead atoms. The fourth-order valence-electron chi connectivity index (χ4n) is 5.59. The van der Waals surface area contributed by atoms with E-state index in [2.05, 4.69) is 9.46 Å². The van der Waals surface area contributed by atoms with Crippen LogP contribution in [0.1, 0.15) is 29.0 Å². The molecule has 8 aromatic rings. The van der Waals surface area contributed by atoms with Gasteiger partial charge in [-0.05, 0) is 59.2 Å². The molecule has 0 spiro atoms. The lowest BCUT2D eigenvalue weighted by atomic mass is 10.2. The molecular weight excluding hydrogens is 1020 g/mol. The zero-order chi connectivity index (χ0) is 48.9. The van der Waals surface area contributed by atoms with Crippen molar-refractivity contribution in [2.24, 2.45) is 0 Å². The van der Waals surface area contributed by atoms with Gasteiger partial charge in [0.2, 0.25) is 0 Å². The van der Waals surface area contributed by atoms with Gasteiger partial charge < -0.3 is 26.4 Å². The molecule has 0 unspecified atom stereocenters. The predicted molar refractivity (Wildman–Crippen MR) is 270 cm³/mol. The van der Waals surface area contributed by atoms with E-state index in [4.69, 9.17) is 50.5 Å². The standard InChI is InChI=1S/C17H12ClNO4S2.C12H11NO2S.C11H9NO2S.C6H4Cl2O2S/c18-12-8-4-5-9-15(12)25(22,23)19-13-10-14(24-16(13)17(20)21)11-6-2-1-3-7-11;1-15-12(14)11-9(13)7-10(16-11)8-5-3-2-4-6-8;12-8-6-9(15-10(8)11(13)14)7-4-2-1-3-5-7;7-5-3-1-2-4-6(5)11(8,9)10/h1-10,19H,(H,20,21);2-7H,13H2,1H3;1-6H,12H2,(H,13,14);1-4H. The monoisotopic (exact) mass is 1060 g/mol. The van der Waals surface area contributed by atoms with Crippen LogP contribution in [0.5, 0.6) is 0 Å². The summed E-state index contributed by atoms with van der Waals surface area (Å²) in [5, 5.41) is 18.5. The minimum absolute atomic E-state index is 0.0104. The van der Waals surface area contributed by atoms with Gasteiger partial charge in [0.25, 0.3) is 19.1 Å². The molecule has 0 saturated heterocycles. The molecular formula is C46H36Cl3N3O10S5. The molecule has 7 N–H and O–H groups in total. The van der Waals surface area contributed by atoms with Crippen LogP contribution in [0.3, 0.4) is 0 Å². The van der Waals surface area contributed by atoms with Gasteiger partial charge in [-0.15, -0.1) is 34.0 Å². The van der Waals surface area contributed by atoms with Crippen LogP contribution in [0.2, 0.25) is 10.0 Å². The normalized spacial score (nSPS) is 10.7. The molecule has 3 aromatic heterocycles. The second-order valence-corrected chi connectivity index (χ2v) is 21.4. The van der Waals surface area contributed by atoms with E-state index in [1.165, 1.54) is 60.1 Å². The van der Waals surface area contributed by atoms with E-state index in [1.807, 2.05) is 91.0 Å². The maximum atomic E-state index is 12.6. The Morgan fingerprint density at radius 1 is 0.537 bits per heavy atom. The summed E-state index contributed by atoms with van der Waals surface area (Å²) in [6, 6.07) is 45.5. The molecule has 0 saturated carbocycles. The Hall–Kier alpha value is -6.22. The zero-order valence-electron chi connectivity index (χ0n) is 34.5. The smallest absolute Gasteiger partial charge is 0.350 e. The Morgan fingerprint density at radius 2 is 0.896 bits per heavy atom. The first-order chi connectivity index (χ1) is 31.8. The lowest BCUT2D eigenvalue weighted by Crippen LogP contribution is -2.14. The van der Waals surface area contributed by atoms with Crippen molar-refractivity contribution in [1.82, 2.24) is 0 Å². The largest absolute Gasteiger partial charge is 0.477 e. The molecule has 0 aliphatic rings. The number of ether oxygens (including phenoxy) is 1. The Balaban J connectivity index is 0.000000175. The first-order valence-electron chi connectivity index (χ1n) is 18.9. The van der Waals surface area contributed by atoms with Crippen LogP contribution in [0.15, 0.2) is 168 Å². The molecule has 0 aliphatic heterocycles. The van der Waals surface area contributed by atoms with Crippen LogP contribution in [0, 0.1) is 0 Å². The van der Waals surface area contributed by atoms with Crippen LogP contribution in [0.4, 0.5) is 17.1 Å². The Labute approximate surface area is 411 Å². The van der Waals surface area contributed by atoms with Gasteiger partial charge in [0.05, 0.1) is 34.2 Å². The number of sulfonamides is 1. The van der Waals surface area contributed by atoms with Gasteiger partial charge in [-0.2, -0.15) is 0 Å². The molecule has 0 amide bonds. The number of carboxylic acids is 2. The van der Waals surface area contributed by atoms with E-state index in [9.17, 15) is 36.3 Å². The average Bonchev–Trinajstić information content (AvgIpc) is 4.04. The van der Waals surface area contributed by atoms with Crippen molar-refractivity contribution in [3.63, 3.8) is 0 Å². The predicted octanol–water partition coefficient (Wildman–Crippen LogP) is 12.3. The molecule has 5 aromatic carbocycles. The number of carbonyl (C=O) groups is 3. The Kier molecular flexibility index (Phi) is 18.1. The third kappa shape index (κ3) is 14.1. The van der Waals surface area contributed by atoms with Gasteiger partial charge in [-0.1, -0.05) is 138 Å². The van der Waals surface area contributed by atoms with Crippen LogP contribution >= 0.6 is 67.9 Å². The van der Waals surface area contributed by atoms with Gasteiger partial charge in [-0.25, -0.2) is 31.2 Å². The lowest BCUT2D eigenvalue weighted by molar-refractivity contribution is 0.0605. The average molecular weight is 1060 g/mol. The fourth-order valence-corrected chi connectivity index (χ4v) is 11.6. The second-order valence-electron chi connectivity index (χ2n) is 13.2. The summed E-state index contributed by atoms with van der Waals surface area (Å²) in [5.41, 5.74) is 15.0. The number of esters is 1. The summed E-state index contributed by atoms with van der Waals surface area (Å²) in [6.45, 7) is 0. The van der Waals surface area contributed by atoms with Crippen molar-refractivity contribution in [3.8, 4) is 31.3 Å². The van der Waals surface area contributed by atoms with E-state index in [1.54, 1.807) is 36.4 Å². The van der Waals surface area contributed by atoms with Gasteiger partial charge in [-0.3, -0.25) is 4.72 Å². The molecule has 0 radical (unpaired) electrons. The second kappa shape index (κ2) is 23.5. The van der Waals surface area contributed by atoms with Crippen LogP contribution in [0.25, 0.3) is 31.3 Å². The first kappa shape index (κ1) is 51.8. The molecule has 3 heterocycles. The molecule has 67 heavy (non-hydrogen) atoms. The highest BCUT2D eigenvalue weighted by molar-refractivity contribution is 8.13. The number of rotatable bonds is 10. The van der Waals surface area contributed by atoms with Gasteiger partial charge >= 0.3 is 17.9 Å². The number of thiophene rings is 3. The number of anilines is 3. The highest BCUT2D eigenvalue weighted by Crippen LogP contribution is 2.37. The Morgan fingerprint density at radius 3 is 1.27 bits per heavy atom. The maximum absolute atomic E-state index is 12.6. The number of nitrogens with two attached hydrogens (primary N) is 2. The number of carboxylic acid groups (broad SMARTS) is 2. The van der Waals surface area contributed by atoms with Gasteiger partial charge in [0.15, 0.2) is 0 Å². The van der Waals surface area contributed by atoms with Crippen molar-refractivity contribution in [2.75, 3.05) is 23.3 Å². The van der Waals surface area contributed by atoms with Gasteiger partial charge in [0, 0.05) is 25.3 Å². The topological polar surface area (TPSA) is 233 Å². The summed E-state index contributed by atoms with van der Waals surface area (Å²) in [6.07, 6.45) is 0. The third-order valence-electron chi connectivity index (χ3n) is 8.66. The number of halogens is 3.